The molecule has 96 valence electrons. The molecule has 2 atom stereocenters. The average Bonchev–Trinajstić information content (AvgIpc) is 2.81. The molecule has 0 bridgehead atoms. The highest BCUT2D eigenvalue weighted by Gasteiger charge is 2.31. The quantitative estimate of drug-likeness (QED) is 0.830. The number of hydrogen-bond donors (Lipinski definition) is 1. The predicted octanol–water partition coefficient (Wildman–Crippen LogP) is 0.115. The first-order valence-corrected chi connectivity index (χ1v) is 7.72. The van der Waals surface area contributed by atoms with Gasteiger partial charge in [0.15, 0.2) is 9.84 Å². The summed E-state index contributed by atoms with van der Waals surface area (Å²) in [5.41, 5.74) is 6.07. The standard InChI is InChI=1S/C11H19N3O2S/c1-14-6-5-13-11(14)3-2-10(12)9-4-7-17(15,16)8-9/h5-6,9-10H,2-4,7-8,12H2,1H3. The second-order valence-corrected chi connectivity index (χ2v) is 7.05. The van der Waals surface area contributed by atoms with Crippen molar-refractivity contribution < 1.29 is 8.42 Å². The maximum absolute atomic E-state index is 11.4. The molecule has 1 saturated heterocycles. The molecule has 2 rings (SSSR count). The van der Waals surface area contributed by atoms with Crippen molar-refractivity contribution in [2.75, 3.05) is 11.5 Å². The topological polar surface area (TPSA) is 78.0 Å². The highest BCUT2D eigenvalue weighted by molar-refractivity contribution is 7.91. The van der Waals surface area contributed by atoms with E-state index in [0.717, 1.165) is 18.7 Å². The summed E-state index contributed by atoms with van der Waals surface area (Å²) in [4.78, 5) is 4.23. The van der Waals surface area contributed by atoms with Crippen LogP contribution in [0.3, 0.4) is 0 Å². The Hall–Kier alpha value is -0.880. The van der Waals surface area contributed by atoms with Crippen LogP contribution in [0.2, 0.25) is 0 Å². The van der Waals surface area contributed by atoms with Crippen LogP contribution in [0.15, 0.2) is 12.4 Å². The fourth-order valence-electron chi connectivity index (χ4n) is 2.33. The van der Waals surface area contributed by atoms with Crippen LogP contribution in [0.4, 0.5) is 0 Å². The fraction of sp³-hybridized carbons (Fsp3) is 0.727. The number of nitrogens with two attached hydrogens (primary N) is 1. The van der Waals surface area contributed by atoms with Gasteiger partial charge in [-0.2, -0.15) is 0 Å². The van der Waals surface area contributed by atoms with Gasteiger partial charge >= 0.3 is 0 Å². The first kappa shape index (κ1) is 12.6. The molecule has 5 nitrogen and oxygen atoms in total. The molecular formula is C11H19N3O2S. The molecule has 0 saturated carbocycles. The highest BCUT2D eigenvalue weighted by Crippen LogP contribution is 2.22. The van der Waals surface area contributed by atoms with Crippen LogP contribution in [-0.2, 0) is 23.3 Å². The van der Waals surface area contributed by atoms with Crippen molar-refractivity contribution in [1.82, 2.24) is 9.55 Å². The third-order valence-electron chi connectivity index (χ3n) is 3.50. The van der Waals surface area contributed by atoms with Gasteiger partial charge in [-0.15, -0.1) is 0 Å². The summed E-state index contributed by atoms with van der Waals surface area (Å²) in [5, 5.41) is 0. The lowest BCUT2D eigenvalue weighted by Gasteiger charge is -2.17. The average molecular weight is 257 g/mol. The van der Waals surface area contributed by atoms with E-state index in [-0.39, 0.29) is 17.7 Å². The third kappa shape index (κ3) is 3.07. The molecule has 1 aromatic heterocycles. The Morgan fingerprint density at radius 1 is 1.65 bits per heavy atom. The number of imidazole rings is 1. The van der Waals surface area contributed by atoms with Gasteiger partial charge in [-0.3, -0.25) is 0 Å². The van der Waals surface area contributed by atoms with Crippen LogP contribution in [0.5, 0.6) is 0 Å². The molecule has 6 heteroatoms. The number of rotatable bonds is 4. The Balaban J connectivity index is 1.86. The van der Waals surface area contributed by atoms with E-state index in [2.05, 4.69) is 4.98 Å². The van der Waals surface area contributed by atoms with Crippen molar-refractivity contribution >= 4 is 9.84 Å². The second kappa shape index (κ2) is 4.78. The molecule has 0 aromatic carbocycles. The molecule has 2 N–H and O–H groups in total. The molecule has 1 aliphatic rings. The summed E-state index contributed by atoms with van der Waals surface area (Å²) in [6.07, 6.45) is 5.98. The van der Waals surface area contributed by atoms with Gasteiger partial charge < -0.3 is 10.3 Å². The van der Waals surface area contributed by atoms with Gasteiger partial charge in [0.2, 0.25) is 0 Å². The normalized spacial score (nSPS) is 24.9. The lowest BCUT2D eigenvalue weighted by Crippen LogP contribution is -2.31. The zero-order valence-corrected chi connectivity index (χ0v) is 10.9. The first-order valence-electron chi connectivity index (χ1n) is 5.90. The van der Waals surface area contributed by atoms with Crippen LogP contribution in [0, 0.1) is 5.92 Å². The largest absolute Gasteiger partial charge is 0.338 e. The Kier molecular flexibility index (Phi) is 3.53. The first-order chi connectivity index (χ1) is 7.98. The van der Waals surface area contributed by atoms with Crippen molar-refractivity contribution in [2.24, 2.45) is 18.7 Å². The van der Waals surface area contributed by atoms with Gasteiger partial charge in [-0.1, -0.05) is 0 Å². The molecular weight excluding hydrogens is 238 g/mol. The summed E-state index contributed by atoms with van der Waals surface area (Å²) in [6.45, 7) is 0. The highest BCUT2D eigenvalue weighted by atomic mass is 32.2. The Morgan fingerprint density at radius 2 is 2.41 bits per heavy atom. The van der Waals surface area contributed by atoms with Gasteiger partial charge in [-0.25, -0.2) is 13.4 Å². The minimum atomic E-state index is -2.82. The monoisotopic (exact) mass is 257 g/mol. The molecule has 1 fully saturated rings. The van der Waals surface area contributed by atoms with E-state index in [0.29, 0.717) is 12.2 Å². The number of aryl methyl sites for hydroxylation is 2. The van der Waals surface area contributed by atoms with Gasteiger partial charge in [0.1, 0.15) is 5.82 Å². The van der Waals surface area contributed by atoms with E-state index in [4.69, 9.17) is 5.73 Å². The van der Waals surface area contributed by atoms with Crippen LogP contribution in [0.1, 0.15) is 18.7 Å². The van der Waals surface area contributed by atoms with Crippen molar-refractivity contribution in [1.29, 1.82) is 0 Å². The van der Waals surface area contributed by atoms with Crippen LogP contribution in [-0.4, -0.2) is 35.5 Å². The van der Waals surface area contributed by atoms with Crippen molar-refractivity contribution in [3.8, 4) is 0 Å². The zero-order valence-electron chi connectivity index (χ0n) is 10.0. The fourth-order valence-corrected chi connectivity index (χ4v) is 4.23. The minimum Gasteiger partial charge on any atom is -0.338 e. The number of nitrogens with zero attached hydrogens (tertiary/aromatic N) is 2. The molecule has 0 radical (unpaired) electrons. The molecule has 17 heavy (non-hydrogen) atoms. The molecule has 0 spiro atoms. The van der Waals surface area contributed by atoms with Crippen LogP contribution >= 0.6 is 0 Å². The summed E-state index contributed by atoms with van der Waals surface area (Å²) in [5.74, 6) is 1.68. The summed E-state index contributed by atoms with van der Waals surface area (Å²) < 4.78 is 24.7. The smallest absolute Gasteiger partial charge is 0.150 e. The van der Waals surface area contributed by atoms with Crippen molar-refractivity contribution in [3.05, 3.63) is 18.2 Å². The molecule has 2 unspecified atom stereocenters. The molecule has 0 aliphatic carbocycles. The number of sulfone groups is 1. The second-order valence-electron chi connectivity index (χ2n) is 4.82. The van der Waals surface area contributed by atoms with E-state index < -0.39 is 9.84 Å². The van der Waals surface area contributed by atoms with Gasteiger partial charge in [0.25, 0.3) is 0 Å². The van der Waals surface area contributed by atoms with E-state index in [9.17, 15) is 8.42 Å². The van der Waals surface area contributed by atoms with Gasteiger partial charge in [0, 0.05) is 31.9 Å². The molecule has 1 aromatic rings. The zero-order chi connectivity index (χ0) is 12.5. The maximum Gasteiger partial charge on any atom is 0.150 e. The predicted molar refractivity (Wildman–Crippen MR) is 66.3 cm³/mol. The lowest BCUT2D eigenvalue weighted by atomic mass is 9.96. The summed E-state index contributed by atoms with van der Waals surface area (Å²) >= 11 is 0. The SMILES string of the molecule is Cn1ccnc1CCC(N)C1CCS(=O)(=O)C1. The van der Waals surface area contributed by atoms with E-state index in [1.54, 1.807) is 6.20 Å². The molecule has 2 heterocycles. The summed E-state index contributed by atoms with van der Waals surface area (Å²) in [7, 11) is -0.869. The van der Waals surface area contributed by atoms with Gasteiger partial charge in [-0.05, 0) is 18.8 Å². The van der Waals surface area contributed by atoms with E-state index in [1.165, 1.54) is 0 Å². The van der Waals surface area contributed by atoms with E-state index in [1.807, 2.05) is 17.8 Å². The summed E-state index contributed by atoms with van der Waals surface area (Å²) in [6, 6.07) is -0.0380. The Labute approximate surface area is 102 Å². The molecule has 0 amide bonds. The van der Waals surface area contributed by atoms with Crippen molar-refractivity contribution in [2.45, 2.75) is 25.3 Å². The van der Waals surface area contributed by atoms with E-state index >= 15 is 0 Å². The number of hydrogen-bond acceptors (Lipinski definition) is 4. The number of aromatic nitrogens is 2. The van der Waals surface area contributed by atoms with Crippen LogP contribution < -0.4 is 5.73 Å². The lowest BCUT2D eigenvalue weighted by molar-refractivity contribution is 0.434. The minimum absolute atomic E-state index is 0.0380. The maximum atomic E-state index is 11.4. The Bertz CT molecular complexity index is 481. The van der Waals surface area contributed by atoms with Gasteiger partial charge in [0.05, 0.1) is 11.5 Å². The van der Waals surface area contributed by atoms with Crippen molar-refractivity contribution in [3.63, 3.8) is 0 Å². The molecule has 1 aliphatic heterocycles. The Morgan fingerprint density at radius 3 is 2.94 bits per heavy atom. The van der Waals surface area contributed by atoms with Crippen LogP contribution in [0.25, 0.3) is 0 Å². The third-order valence-corrected chi connectivity index (χ3v) is 5.29.